The Morgan fingerprint density at radius 2 is 1.71 bits per heavy atom. The molecular weight excluding hydrogens is 319 g/mol. The maximum absolute atomic E-state index is 12.0. The first-order valence-electron chi connectivity index (χ1n) is 8.47. The van der Waals surface area contributed by atoms with Crippen molar-refractivity contribution in [3.05, 3.63) is 0 Å². The molecule has 8 heteroatoms. The smallest absolute Gasteiger partial charge is 0.334 e. The summed E-state index contributed by atoms with van der Waals surface area (Å²) in [6.07, 6.45) is 3.39. The third-order valence-corrected chi connectivity index (χ3v) is 4.55. The Hall–Kier alpha value is -1.96. The molecule has 0 aromatic heterocycles. The molecule has 1 N–H and O–H groups in total. The van der Waals surface area contributed by atoms with E-state index in [9.17, 15) is 19.2 Å². The topological polar surface area (TPSA) is 96.0 Å². The number of piperidine rings is 1. The van der Waals surface area contributed by atoms with Gasteiger partial charge >= 0.3 is 5.97 Å². The van der Waals surface area contributed by atoms with Gasteiger partial charge in [-0.1, -0.05) is 6.42 Å². The lowest BCUT2D eigenvalue weighted by molar-refractivity contribution is -0.197. The van der Waals surface area contributed by atoms with Crippen LogP contribution in [0.15, 0.2) is 0 Å². The van der Waals surface area contributed by atoms with Crippen LogP contribution in [0.2, 0.25) is 0 Å². The molecule has 0 saturated carbocycles. The van der Waals surface area contributed by atoms with E-state index in [1.54, 1.807) is 0 Å². The lowest BCUT2D eigenvalue weighted by Crippen LogP contribution is -2.48. The van der Waals surface area contributed by atoms with Gasteiger partial charge in [-0.25, -0.2) is 4.79 Å². The largest absolute Gasteiger partial charge is 0.354 e. The molecule has 134 valence electrons. The summed E-state index contributed by atoms with van der Waals surface area (Å²) >= 11 is 0. The van der Waals surface area contributed by atoms with Crippen molar-refractivity contribution in [1.29, 1.82) is 0 Å². The molecule has 2 aliphatic rings. The molecule has 8 nitrogen and oxygen atoms in total. The third-order valence-electron chi connectivity index (χ3n) is 4.55. The van der Waals surface area contributed by atoms with E-state index in [1.807, 2.05) is 0 Å². The molecule has 0 aromatic rings. The Balaban J connectivity index is 1.67. The number of rotatable bonds is 6. The summed E-state index contributed by atoms with van der Waals surface area (Å²) in [6.45, 7) is 4.65. The molecule has 0 spiro atoms. The van der Waals surface area contributed by atoms with Gasteiger partial charge in [-0.15, -0.1) is 5.06 Å². The second-order valence-electron chi connectivity index (χ2n) is 6.45. The third kappa shape index (κ3) is 4.77. The molecule has 2 fully saturated rings. The van der Waals surface area contributed by atoms with Crippen LogP contribution >= 0.6 is 0 Å². The predicted molar refractivity (Wildman–Crippen MR) is 84.3 cm³/mol. The number of hydroxylamine groups is 2. The van der Waals surface area contributed by atoms with Crippen LogP contribution in [0.5, 0.6) is 0 Å². The molecule has 2 heterocycles. The number of nitrogens with zero attached hydrogens (tertiary/aromatic N) is 2. The number of nitrogens with one attached hydrogen (secondary N) is 1. The lowest BCUT2D eigenvalue weighted by Gasteiger charge is -2.38. The Kier molecular flexibility index (Phi) is 6.30. The summed E-state index contributed by atoms with van der Waals surface area (Å²) in [7, 11) is 0. The molecule has 0 aliphatic carbocycles. The van der Waals surface area contributed by atoms with Crippen LogP contribution in [0.25, 0.3) is 0 Å². The molecule has 0 radical (unpaired) electrons. The Morgan fingerprint density at radius 1 is 1.12 bits per heavy atom. The van der Waals surface area contributed by atoms with Crippen LogP contribution in [0.1, 0.15) is 52.4 Å². The number of carbonyl (C=O) groups excluding carboxylic acids is 4. The highest BCUT2D eigenvalue weighted by molar-refractivity contribution is 6.01. The normalized spacial score (nSPS) is 25.0. The highest BCUT2D eigenvalue weighted by Crippen LogP contribution is 2.21. The fourth-order valence-corrected chi connectivity index (χ4v) is 3.12. The zero-order valence-corrected chi connectivity index (χ0v) is 14.2. The molecule has 2 aliphatic heterocycles. The maximum atomic E-state index is 12.0. The first-order chi connectivity index (χ1) is 11.4. The zero-order chi connectivity index (χ0) is 17.7. The van der Waals surface area contributed by atoms with E-state index in [1.165, 1.54) is 6.42 Å². The van der Waals surface area contributed by atoms with Crippen LogP contribution in [0.3, 0.4) is 0 Å². The van der Waals surface area contributed by atoms with Gasteiger partial charge in [-0.2, -0.15) is 0 Å². The monoisotopic (exact) mass is 344 g/mol. The first-order valence-corrected chi connectivity index (χ1v) is 8.47. The van der Waals surface area contributed by atoms with Crippen molar-refractivity contribution in [2.45, 2.75) is 64.5 Å². The minimum absolute atomic E-state index is 0.0645. The van der Waals surface area contributed by atoms with E-state index in [2.05, 4.69) is 24.1 Å². The molecule has 2 saturated heterocycles. The van der Waals surface area contributed by atoms with Gasteiger partial charge in [0.25, 0.3) is 11.8 Å². The van der Waals surface area contributed by atoms with Gasteiger partial charge in [0.15, 0.2) is 0 Å². The van der Waals surface area contributed by atoms with Crippen molar-refractivity contribution >= 4 is 23.7 Å². The van der Waals surface area contributed by atoms with Gasteiger partial charge in [0.1, 0.15) is 0 Å². The second kappa shape index (κ2) is 8.23. The van der Waals surface area contributed by atoms with E-state index >= 15 is 0 Å². The number of hydrogen-bond donors (Lipinski definition) is 1. The van der Waals surface area contributed by atoms with Crippen molar-refractivity contribution in [2.24, 2.45) is 0 Å². The Morgan fingerprint density at radius 3 is 2.29 bits per heavy atom. The minimum atomic E-state index is -0.710. The number of amides is 3. The lowest BCUT2D eigenvalue weighted by atomic mass is 9.99. The number of likely N-dealkylation sites (tertiary alicyclic amines) is 1. The minimum Gasteiger partial charge on any atom is -0.354 e. The van der Waals surface area contributed by atoms with Crippen LogP contribution in [0, 0.1) is 0 Å². The quantitative estimate of drug-likeness (QED) is 0.425. The van der Waals surface area contributed by atoms with E-state index in [-0.39, 0.29) is 31.7 Å². The van der Waals surface area contributed by atoms with E-state index in [0.29, 0.717) is 23.7 Å². The highest BCUT2D eigenvalue weighted by Gasteiger charge is 2.32. The van der Waals surface area contributed by atoms with Crippen LogP contribution in [0.4, 0.5) is 0 Å². The first kappa shape index (κ1) is 18.4. The molecular formula is C16H25N3O5. The molecule has 24 heavy (non-hydrogen) atoms. The highest BCUT2D eigenvalue weighted by atomic mass is 16.7. The molecule has 3 amide bonds. The fourth-order valence-electron chi connectivity index (χ4n) is 3.12. The van der Waals surface area contributed by atoms with E-state index in [0.717, 1.165) is 12.8 Å². The van der Waals surface area contributed by atoms with Crippen LogP contribution in [-0.4, -0.2) is 58.8 Å². The standard InChI is InChI=1S/C16H25N3O5/c1-11-4-3-5-12(2)18(11)10-13(20)17-9-8-16(23)24-19-14(21)6-7-15(19)22/h11-12H,3-10H2,1-2H3,(H,17,20)/t11-,12+/i8+1,9+1,10+1,13+1,17+1. The van der Waals surface area contributed by atoms with Crippen molar-refractivity contribution in [3.63, 3.8) is 0 Å². The van der Waals surface area contributed by atoms with Gasteiger partial charge in [0.05, 0.1) is 13.0 Å². The Labute approximate surface area is 141 Å². The molecule has 2 atom stereocenters. The molecule has 0 aromatic carbocycles. The summed E-state index contributed by atoms with van der Waals surface area (Å²) in [4.78, 5) is 53.2. The van der Waals surface area contributed by atoms with Gasteiger partial charge < -0.3 is 10.2 Å². The maximum Gasteiger partial charge on any atom is 0.334 e. The fraction of sp³-hybridized carbons (Fsp3) is 0.750. The van der Waals surface area contributed by atoms with E-state index < -0.39 is 17.8 Å². The van der Waals surface area contributed by atoms with Crippen molar-refractivity contribution < 1.29 is 24.0 Å². The van der Waals surface area contributed by atoms with Crippen molar-refractivity contribution in [1.82, 2.24) is 15.3 Å². The van der Waals surface area contributed by atoms with Gasteiger partial charge in [0.2, 0.25) is 5.91 Å². The molecule has 0 bridgehead atoms. The number of imide groups is 1. The summed E-state index contributed by atoms with van der Waals surface area (Å²) < 4.78 is 0. The average Bonchev–Trinajstić information content (AvgIpc) is 2.83. The van der Waals surface area contributed by atoms with Crippen LogP contribution < -0.4 is 5.32 Å². The SMILES string of the molecule is C[C@@H]1CCC[C@H](C)N1[13CH2][13C](=O)[15NH][13CH2][13CH2]C(=O)ON1C(=O)CCC1=O. The molecule has 0 unspecified atom stereocenters. The summed E-state index contributed by atoms with van der Waals surface area (Å²) in [5, 5.41) is 3.19. The Bertz CT molecular complexity index is 496. The number of carbonyl (C=O) groups is 4. The average molecular weight is 344 g/mol. The van der Waals surface area contributed by atoms with Gasteiger partial charge in [0, 0.05) is 31.5 Å². The summed E-state index contributed by atoms with van der Waals surface area (Å²) in [5.41, 5.74) is 0. The van der Waals surface area contributed by atoms with Gasteiger partial charge in [-0.3, -0.25) is 19.3 Å². The van der Waals surface area contributed by atoms with Crippen molar-refractivity contribution in [3.8, 4) is 0 Å². The van der Waals surface area contributed by atoms with E-state index in [4.69, 9.17) is 4.84 Å². The van der Waals surface area contributed by atoms with Crippen LogP contribution in [-0.2, 0) is 24.0 Å². The summed E-state index contributed by atoms with van der Waals surface area (Å²) in [6, 6.07) is 0.744. The number of hydrogen-bond acceptors (Lipinski definition) is 6. The van der Waals surface area contributed by atoms with Crippen molar-refractivity contribution in [2.75, 3.05) is 13.1 Å². The van der Waals surface area contributed by atoms with Gasteiger partial charge in [-0.05, 0) is 26.7 Å². The predicted octanol–water partition coefficient (Wildman–Crippen LogP) is 0.363. The zero-order valence-electron chi connectivity index (χ0n) is 14.2. The molecule has 2 rings (SSSR count). The second-order valence-corrected chi connectivity index (χ2v) is 6.45. The summed E-state index contributed by atoms with van der Waals surface area (Å²) in [5.74, 6) is -1.87.